The van der Waals surface area contributed by atoms with Gasteiger partial charge in [0.1, 0.15) is 11.6 Å². The van der Waals surface area contributed by atoms with Gasteiger partial charge in [0, 0.05) is 34.9 Å². The number of aliphatic hydroxyl groups is 1. The summed E-state index contributed by atoms with van der Waals surface area (Å²) in [6.45, 7) is 1.89. The first-order chi connectivity index (χ1) is 16.5. The minimum Gasteiger partial charge on any atom is -0.393 e. The second-order valence-corrected chi connectivity index (χ2v) is 8.37. The standard InChI is InChI=1S/C29H25FN2O2/c1-2-22(33)12-13-23(34)16-19-11-14-28-21(15-19)17-26(25-9-5-6-10-27(25)30)29(32-28)24-8-4-3-7-20(24)18-31/h3-11,14-15,17,22,33H,2,12-13,16H2,1H3. The largest absolute Gasteiger partial charge is 0.393 e. The summed E-state index contributed by atoms with van der Waals surface area (Å²) in [4.78, 5) is 17.2. The molecule has 1 heterocycles. The van der Waals surface area contributed by atoms with Gasteiger partial charge in [-0.25, -0.2) is 9.37 Å². The molecule has 1 unspecified atom stereocenters. The number of pyridine rings is 1. The number of Topliss-reactive ketones (excluding diaryl/α,β-unsaturated/α-hetero) is 1. The van der Waals surface area contributed by atoms with E-state index in [2.05, 4.69) is 6.07 Å². The Bertz CT molecular complexity index is 1390. The Balaban J connectivity index is 1.80. The minimum absolute atomic E-state index is 0.0636. The fourth-order valence-corrected chi connectivity index (χ4v) is 4.06. The Hall–Kier alpha value is -3.88. The molecule has 170 valence electrons. The lowest BCUT2D eigenvalue weighted by molar-refractivity contribution is -0.119. The number of benzene rings is 3. The summed E-state index contributed by atoms with van der Waals surface area (Å²) >= 11 is 0. The van der Waals surface area contributed by atoms with Crippen molar-refractivity contribution in [3.63, 3.8) is 0 Å². The fraction of sp³-hybridized carbons (Fsp3) is 0.207. The molecule has 0 saturated carbocycles. The molecular formula is C29H25FN2O2. The Morgan fingerprint density at radius 2 is 1.76 bits per heavy atom. The molecule has 3 aromatic carbocycles. The molecule has 4 rings (SSSR count). The van der Waals surface area contributed by atoms with Gasteiger partial charge in [0.25, 0.3) is 0 Å². The first kappa shape index (κ1) is 23.3. The maximum atomic E-state index is 14.8. The normalized spacial score (nSPS) is 11.8. The number of carbonyl (C=O) groups excluding carboxylic acids is 1. The lowest BCUT2D eigenvalue weighted by atomic mass is 9.94. The maximum absolute atomic E-state index is 14.8. The first-order valence-electron chi connectivity index (χ1n) is 11.4. The van der Waals surface area contributed by atoms with Crippen molar-refractivity contribution < 1.29 is 14.3 Å². The fourth-order valence-electron chi connectivity index (χ4n) is 4.06. The second-order valence-electron chi connectivity index (χ2n) is 8.37. The van der Waals surface area contributed by atoms with Gasteiger partial charge in [-0.1, -0.05) is 49.4 Å². The number of ketones is 1. The number of carbonyl (C=O) groups is 1. The minimum atomic E-state index is -0.456. The zero-order valence-electron chi connectivity index (χ0n) is 19.0. The number of fused-ring (bicyclic) bond motifs is 1. The van der Waals surface area contributed by atoms with Crippen LogP contribution in [0.15, 0.2) is 72.8 Å². The molecule has 0 radical (unpaired) electrons. The van der Waals surface area contributed by atoms with Crippen molar-refractivity contribution in [2.24, 2.45) is 0 Å². The van der Waals surface area contributed by atoms with E-state index in [0.717, 1.165) is 10.9 Å². The van der Waals surface area contributed by atoms with Crippen LogP contribution in [0.4, 0.5) is 4.39 Å². The quantitative estimate of drug-likeness (QED) is 0.343. The van der Waals surface area contributed by atoms with E-state index in [1.165, 1.54) is 6.07 Å². The van der Waals surface area contributed by atoms with Crippen LogP contribution in [-0.4, -0.2) is 22.0 Å². The first-order valence-corrected chi connectivity index (χ1v) is 11.4. The van der Waals surface area contributed by atoms with Crippen molar-refractivity contribution in [3.05, 3.63) is 89.7 Å². The van der Waals surface area contributed by atoms with E-state index in [9.17, 15) is 19.6 Å². The molecule has 4 nitrogen and oxygen atoms in total. The van der Waals surface area contributed by atoms with Crippen LogP contribution in [0.3, 0.4) is 0 Å². The summed E-state index contributed by atoms with van der Waals surface area (Å²) in [6, 6.07) is 23.3. The van der Waals surface area contributed by atoms with Crippen LogP contribution in [0, 0.1) is 17.1 Å². The van der Waals surface area contributed by atoms with Crippen LogP contribution in [0.2, 0.25) is 0 Å². The average molecular weight is 453 g/mol. The van der Waals surface area contributed by atoms with Gasteiger partial charge in [-0.05, 0) is 48.7 Å². The summed E-state index contributed by atoms with van der Waals surface area (Å²) in [5.41, 5.74) is 4.15. The highest BCUT2D eigenvalue weighted by Crippen LogP contribution is 2.36. The number of nitriles is 1. The smallest absolute Gasteiger partial charge is 0.137 e. The maximum Gasteiger partial charge on any atom is 0.137 e. The molecule has 5 heteroatoms. The Morgan fingerprint density at radius 1 is 1.03 bits per heavy atom. The summed E-state index contributed by atoms with van der Waals surface area (Å²) < 4.78 is 14.8. The van der Waals surface area contributed by atoms with Crippen molar-refractivity contribution in [1.29, 1.82) is 5.26 Å². The molecule has 0 spiro atoms. The lowest BCUT2D eigenvalue weighted by Crippen LogP contribution is -2.10. The number of nitrogens with zero attached hydrogens (tertiary/aromatic N) is 2. The summed E-state index contributed by atoms with van der Waals surface area (Å²) in [7, 11) is 0. The van der Waals surface area contributed by atoms with Gasteiger partial charge in [0.05, 0.1) is 28.9 Å². The van der Waals surface area contributed by atoms with Crippen molar-refractivity contribution in [3.8, 4) is 28.5 Å². The Morgan fingerprint density at radius 3 is 2.50 bits per heavy atom. The lowest BCUT2D eigenvalue weighted by Gasteiger charge is -2.14. The second kappa shape index (κ2) is 10.4. The number of rotatable bonds is 8. The summed E-state index contributed by atoms with van der Waals surface area (Å²) in [5, 5.41) is 20.1. The molecule has 0 saturated heterocycles. The van der Waals surface area contributed by atoms with Gasteiger partial charge >= 0.3 is 0 Å². The van der Waals surface area contributed by atoms with Crippen molar-refractivity contribution in [1.82, 2.24) is 4.98 Å². The van der Waals surface area contributed by atoms with E-state index in [1.54, 1.807) is 30.3 Å². The predicted octanol–water partition coefficient (Wildman–Crippen LogP) is 6.24. The van der Waals surface area contributed by atoms with Gasteiger partial charge in [0.15, 0.2) is 0 Å². The molecule has 0 fully saturated rings. The van der Waals surface area contributed by atoms with Gasteiger partial charge in [-0.2, -0.15) is 5.26 Å². The van der Waals surface area contributed by atoms with Gasteiger partial charge in [-0.3, -0.25) is 4.79 Å². The van der Waals surface area contributed by atoms with E-state index >= 15 is 0 Å². The number of halogens is 1. The highest BCUT2D eigenvalue weighted by Gasteiger charge is 2.17. The third-order valence-corrected chi connectivity index (χ3v) is 5.97. The monoisotopic (exact) mass is 452 g/mol. The van der Waals surface area contributed by atoms with Crippen LogP contribution in [0.5, 0.6) is 0 Å². The number of aromatic nitrogens is 1. The van der Waals surface area contributed by atoms with Crippen LogP contribution >= 0.6 is 0 Å². The van der Waals surface area contributed by atoms with Gasteiger partial charge in [0.2, 0.25) is 0 Å². The van der Waals surface area contributed by atoms with E-state index in [0.29, 0.717) is 52.7 Å². The molecule has 0 aliphatic rings. The third kappa shape index (κ3) is 5.03. The molecule has 34 heavy (non-hydrogen) atoms. The SMILES string of the molecule is CCC(O)CCC(=O)Cc1ccc2nc(-c3ccccc3C#N)c(-c3ccccc3F)cc2c1. The molecule has 1 N–H and O–H groups in total. The van der Waals surface area contributed by atoms with E-state index in [4.69, 9.17) is 4.98 Å². The number of aliphatic hydroxyl groups excluding tert-OH is 1. The Kier molecular flexibility index (Phi) is 7.10. The molecule has 0 amide bonds. The zero-order chi connectivity index (χ0) is 24.1. The van der Waals surface area contributed by atoms with Gasteiger partial charge in [-0.15, -0.1) is 0 Å². The van der Waals surface area contributed by atoms with Crippen LogP contribution in [-0.2, 0) is 11.2 Å². The zero-order valence-corrected chi connectivity index (χ0v) is 19.0. The van der Waals surface area contributed by atoms with E-state index < -0.39 is 6.10 Å². The van der Waals surface area contributed by atoms with Crippen LogP contribution in [0.25, 0.3) is 33.3 Å². The number of hydrogen-bond acceptors (Lipinski definition) is 4. The molecule has 1 atom stereocenters. The highest BCUT2D eigenvalue weighted by atomic mass is 19.1. The van der Waals surface area contributed by atoms with E-state index in [1.807, 2.05) is 43.3 Å². The molecule has 4 aromatic rings. The van der Waals surface area contributed by atoms with Crippen LogP contribution in [0.1, 0.15) is 37.3 Å². The highest BCUT2D eigenvalue weighted by molar-refractivity contribution is 5.93. The third-order valence-electron chi connectivity index (χ3n) is 5.97. The van der Waals surface area contributed by atoms with Crippen LogP contribution < -0.4 is 0 Å². The molecular weight excluding hydrogens is 427 g/mol. The molecule has 0 aliphatic heterocycles. The molecule has 1 aromatic heterocycles. The van der Waals surface area contributed by atoms with Crippen molar-refractivity contribution in [2.75, 3.05) is 0 Å². The summed E-state index contributed by atoms with van der Waals surface area (Å²) in [5.74, 6) is -0.311. The summed E-state index contributed by atoms with van der Waals surface area (Å²) in [6.07, 6.45) is 1.23. The molecule has 0 bridgehead atoms. The number of hydrogen-bond donors (Lipinski definition) is 1. The average Bonchev–Trinajstić information content (AvgIpc) is 2.86. The van der Waals surface area contributed by atoms with E-state index in [-0.39, 0.29) is 18.0 Å². The van der Waals surface area contributed by atoms with Crippen molar-refractivity contribution >= 4 is 16.7 Å². The van der Waals surface area contributed by atoms with Gasteiger partial charge < -0.3 is 5.11 Å². The predicted molar refractivity (Wildman–Crippen MR) is 132 cm³/mol. The topological polar surface area (TPSA) is 74.0 Å². The Labute approximate surface area is 198 Å². The van der Waals surface area contributed by atoms with Crippen molar-refractivity contribution in [2.45, 2.75) is 38.7 Å². The molecule has 0 aliphatic carbocycles.